The van der Waals surface area contributed by atoms with Gasteiger partial charge in [0.05, 0.1) is 17.5 Å². The first-order valence-electron chi connectivity index (χ1n) is 11.1. The molecule has 0 aliphatic carbocycles. The number of sulfonamides is 1. The molecule has 2 fully saturated rings. The van der Waals surface area contributed by atoms with Crippen LogP contribution in [-0.2, 0) is 19.6 Å². The fourth-order valence-electron chi connectivity index (χ4n) is 4.15. The molecule has 1 N–H and O–H groups in total. The summed E-state index contributed by atoms with van der Waals surface area (Å²) in [5.41, 5.74) is 0.538. The van der Waals surface area contributed by atoms with E-state index in [1.807, 2.05) is 23.6 Å². The first kappa shape index (κ1) is 23.7. The maximum Gasteiger partial charge on any atom is 0.243 e. The Morgan fingerprint density at radius 1 is 1.06 bits per heavy atom. The van der Waals surface area contributed by atoms with Crippen LogP contribution in [0.15, 0.2) is 29.2 Å². The number of nitrogens with zero attached hydrogens (tertiary/aromatic N) is 3. The lowest BCUT2D eigenvalue weighted by atomic mass is 10.0. The molecule has 1 unspecified atom stereocenters. The number of hydrogen-bond donors (Lipinski definition) is 1. The topological polar surface area (TPSA) is 90.0 Å². The number of anilines is 1. The summed E-state index contributed by atoms with van der Waals surface area (Å²) in [7, 11) is -2.01. The molecule has 2 saturated heterocycles. The van der Waals surface area contributed by atoms with Crippen molar-refractivity contribution in [1.82, 2.24) is 14.1 Å². The number of likely N-dealkylation sites (tertiary alicyclic amines) is 2. The third-order valence-electron chi connectivity index (χ3n) is 6.21. The molecule has 31 heavy (non-hydrogen) atoms. The van der Waals surface area contributed by atoms with E-state index in [2.05, 4.69) is 5.32 Å². The van der Waals surface area contributed by atoms with Crippen LogP contribution in [0, 0.1) is 0 Å². The van der Waals surface area contributed by atoms with Gasteiger partial charge in [0.25, 0.3) is 0 Å². The summed E-state index contributed by atoms with van der Waals surface area (Å²) >= 11 is 0. The van der Waals surface area contributed by atoms with Crippen molar-refractivity contribution in [2.75, 3.05) is 38.5 Å². The van der Waals surface area contributed by atoms with Crippen molar-refractivity contribution < 1.29 is 18.0 Å². The minimum atomic E-state index is -3.56. The quantitative estimate of drug-likeness (QED) is 0.687. The van der Waals surface area contributed by atoms with E-state index in [1.165, 1.54) is 16.4 Å². The molecule has 0 saturated carbocycles. The van der Waals surface area contributed by atoms with Gasteiger partial charge in [0.15, 0.2) is 0 Å². The van der Waals surface area contributed by atoms with Gasteiger partial charge in [-0.3, -0.25) is 14.5 Å². The van der Waals surface area contributed by atoms with Gasteiger partial charge < -0.3 is 10.2 Å². The number of amides is 2. The lowest BCUT2D eigenvalue weighted by molar-refractivity contribution is -0.137. The highest BCUT2D eigenvalue weighted by Gasteiger charge is 2.33. The van der Waals surface area contributed by atoms with Crippen molar-refractivity contribution in [1.29, 1.82) is 0 Å². The van der Waals surface area contributed by atoms with Crippen LogP contribution >= 0.6 is 0 Å². The van der Waals surface area contributed by atoms with Crippen molar-refractivity contribution >= 4 is 27.5 Å². The number of nitrogens with one attached hydrogen (secondary N) is 1. The summed E-state index contributed by atoms with van der Waals surface area (Å²) < 4.78 is 26.5. The van der Waals surface area contributed by atoms with Gasteiger partial charge in [-0.2, -0.15) is 4.31 Å². The van der Waals surface area contributed by atoms with Gasteiger partial charge in [0.1, 0.15) is 0 Å². The molecule has 3 rings (SSSR count). The molecular formula is C22H34N4O4S. The van der Waals surface area contributed by atoms with Gasteiger partial charge >= 0.3 is 0 Å². The van der Waals surface area contributed by atoms with Gasteiger partial charge in [-0.15, -0.1) is 0 Å². The number of benzene rings is 1. The van der Waals surface area contributed by atoms with Crippen LogP contribution < -0.4 is 5.32 Å². The molecule has 1 aromatic carbocycles. The van der Waals surface area contributed by atoms with E-state index in [-0.39, 0.29) is 35.3 Å². The van der Waals surface area contributed by atoms with E-state index >= 15 is 0 Å². The number of rotatable bonds is 7. The van der Waals surface area contributed by atoms with Crippen LogP contribution in [0.4, 0.5) is 5.69 Å². The zero-order chi connectivity index (χ0) is 22.6. The lowest BCUT2D eigenvalue weighted by Crippen LogP contribution is -2.52. The Balaban J connectivity index is 1.61. The van der Waals surface area contributed by atoms with E-state index in [9.17, 15) is 18.0 Å². The zero-order valence-corrected chi connectivity index (χ0v) is 19.5. The average molecular weight is 451 g/mol. The summed E-state index contributed by atoms with van der Waals surface area (Å²) in [5.74, 6) is -0.0511. The second-order valence-corrected chi connectivity index (χ2v) is 10.7. The summed E-state index contributed by atoms with van der Waals surface area (Å²) in [6, 6.07) is 5.83. The van der Waals surface area contributed by atoms with Crippen molar-refractivity contribution in [2.24, 2.45) is 0 Å². The first-order valence-corrected chi connectivity index (χ1v) is 12.5. The van der Waals surface area contributed by atoms with Gasteiger partial charge in [-0.25, -0.2) is 8.42 Å². The van der Waals surface area contributed by atoms with Crippen LogP contribution in [0.1, 0.15) is 46.0 Å². The van der Waals surface area contributed by atoms with Gasteiger partial charge in [-0.05, 0) is 70.3 Å². The molecule has 9 heteroatoms. The Morgan fingerprint density at radius 3 is 2.29 bits per heavy atom. The lowest BCUT2D eigenvalue weighted by Gasteiger charge is -2.36. The molecule has 0 radical (unpaired) electrons. The Kier molecular flexibility index (Phi) is 7.72. The summed E-state index contributed by atoms with van der Waals surface area (Å²) in [6.45, 7) is 6.15. The van der Waals surface area contributed by atoms with Gasteiger partial charge in [0, 0.05) is 31.9 Å². The number of hydrogen-bond acceptors (Lipinski definition) is 5. The SMILES string of the molecule is CC(C)N(C)S(=O)(=O)c1ccc(NC(=O)CN2CCCCC2C(=O)N2CCCC2)cc1. The molecule has 1 atom stereocenters. The predicted octanol–water partition coefficient (Wildman–Crippen LogP) is 2.13. The van der Waals surface area contributed by atoms with Crippen LogP contribution in [0.3, 0.4) is 0 Å². The zero-order valence-electron chi connectivity index (χ0n) is 18.7. The highest BCUT2D eigenvalue weighted by atomic mass is 32.2. The van der Waals surface area contributed by atoms with Crippen molar-refractivity contribution in [2.45, 2.75) is 62.9 Å². The number of carbonyl (C=O) groups is 2. The summed E-state index contributed by atoms with van der Waals surface area (Å²) in [4.78, 5) is 29.6. The highest BCUT2D eigenvalue weighted by Crippen LogP contribution is 2.22. The van der Waals surface area contributed by atoms with E-state index < -0.39 is 10.0 Å². The fraction of sp³-hybridized carbons (Fsp3) is 0.636. The maximum atomic E-state index is 12.9. The number of carbonyl (C=O) groups excluding carboxylic acids is 2. The molecule has 8 nitrogen and oxygen atoms in total. The third kappa shape index (κ3) is 5.64. The number of piperidine rings is 1. The molecule has 0 spiro atoms. The molecule has 1 aromatic rings. The summed E-state index contributed by atoms with van der Waals surface area (Å²) in [5, 5.41) is 2.83. The normalized spacial score (nSPS) is 20.4. The minimum absolute atomic E-state index is 0.147. The molecule has 2 aliphatic rings. The Morgan fingerprint density at radius 2 is 1.68 bits per heavy atom. The standard InChI is InChI=1S/C22H34N4O4S/c1-17(2)24(3)31(29,30)19-11-9-18(10-12-19)23-21(27)16-26-15-5-4-8-20(26)22(28)25-13-6-7-14-25/h9-12,17,20H,4-8,13-16H2,1-3H3,(H,23,27). The van der Waals surface area contributed by atoms with Crippen LogP contribution in [0.5, 0.6) is 0 Å². The van der Waals surface area contributed by atoms with Crippen molar-refractivity contribution in [3.05, 3.63) is 24.3 Å². The van der Waals surface area contributed by atoms with Crippen molar-refractivity contribution in [3.63, 3.8) is 0 Å². The smallest absolute Gasteiger partial charge is 0.243 e. The van der Waals surface area contributed by atoms with E-state index in [1.54, 1.807) is 19.2 Å². The van der Waals surface area contributed by atoms with E-state index in [4.69, 9.17) is 0 Å². The second kappa shape index (κ2) is 10.1. The van der Waals surface area contributed by atoms with Crippen LogP contribution in [-0.4, -0.2) is 79.6 Å². The highest BCUT2D eigenvalue weighted by molar-refractivity contribution is 7.89. The molecule has 2 heterocycles. The predicted molar refractivity (Wildman–Crippen MR) is 120 cm³/mol. The fourth-order valence-corrected chi connectivity index (χ4v) is 5.51. The van der Waals surface area contributed by atoms with Gasteiger partial charge in [-0.1, -0.05) is 6.42 Å². The average Bonchev–Trinajstić information content (AvgIpc) is 3.28. The molecule has 0 bridgehead atoms. The Labute approximate surface area is 185 Å². The largest absolute Gasteiger partial charge is 0.341 e. The van der Waals surface area contributed by atoms with Crippen molar-refractivity contribution in [3.8, 4) is 0 Å². The molecule has 0 aromatic heterocycles. The second-order valence-electron chi connectivity index (χ2n) is 8.70. The third-order valence-corrected chi connectivity index (χ3v) is 8.25. The van der Waals surface area contributed by atoms with E-state index in [0.717, 1.165) is 51.7 Å². The Hall–Kier alpha value is -1.97. The molecule has 2 amide bonds. The van der Waals surface area contributed by atoms with Crippen LogP contribution in [0.2, 0.25) is 0 Å². The summed E-state index contributed by atoms with van der Waals surface area (Å²) in [6.07, 6.45) is 4.88. The van der Waals surface area contributed by atoms with E-state index in [0.29, 0.717) is 5.69 Å². The Bertz CT molecular complexity index is 879. The van der Waals surface area contributed by atoms with Gasteiger partial charge in [0.2, 0.25) is 21.8 Å². The maximum absolute atomic E-state index is 12.9. The molecule has 172 valence electrons. The molecule has 2 aliphatic heterocycles. The minimum Gasteiger partial charge on any atom is -0.341 e. The first-order chi connectivity index (χ1) is 14.7. The molecular weight excluding hydrogens is 416 g/mol. The monoisotopic (exact) mass is 450 g/mol. The van der Waals surface area contributed by atoms with Crippen LogP contribution in [0.25, 0.3) is 0 Å².